The molecule has 0 aliphatic carbocycles. The highest BCUT2D eigenvalue weighted by atomic mass is 16.5. The average Bonchev–Trinajstić information content (AvgIpc) is 2.78. The monoisotopic (exact) mass is 385 g/mol. The summed E-state index contributed by atoms with van der Waals surface area (Å²) < 4.78 is 10.9. The van der Waals surface area contributed by atoms with Crippen LogP contribution in [0.1, 0.15) is 11.6 Å². The van der Waals surface area contributed by atoms with Crippen LogP contribution in [0.3, 0.4) is 0 Å². The summed E-state index contributed by atoms with van der Waals surface area (Å²) in [6, 6.07) is 24.7. The van der Waals surface area contributed by atoms with Crippen LogP contribution in [0.5, 0.6) is 0 Å². The molecule has 0 amide bonds. The second kappa shape index (κ2) is 8.02. The summed E-state index contributed by atoms with van der Waals surface area (Å²) in [4.78, 5) is 24.8. The summed E-state index contributed by atoms with van der Waals surface area (Å²) in [5.41, 5.74) is 2.56. The number of carbonyl (C=O) groups excluding carboxylic acids is 1. The van der Waals surface area contributed by atoms with E-state index in [1.165, 1.54) is 13.2 Å². The molecule has 1 aromatic heterocycles. The standard InChI is InChI=1S/C24H19NO4/c1-28-24(27)23(17-10-6-3-7-11-17)25-18-12-13-19-20(26)15-21(29-22(19)14-18)16-8-4-2-5-9-16/h2-15,23,25H,1H3/t23-/m0/s1. The topological polar surface area (TPSA) is 68.5 Å². The number of methoxy groups -OCH3 is 1. The third-order valence-electron chi connectivity index (χ3n) is 4.67. The molecule has 0 radical (unpaired) electrons. The number of hydrogen-bond acceptors (Lipinski definition) is 5. The smallest absolute Gasteiger partial charge is 0.332 e. The molecule has 0 saturated carbocycles. The first-order valence-corrected chi connectivity index (χ1v) is 9.18. The first-order valence-electron chi connectivity index (χ1n) is 9.18. The molecular weight excluding hydrogens is 366 g/mol. The van der Waals surface area contributed by atoms with Crippen LogP contribution in [-0.2, 0) is 9.53 Å². The number of benzene rings is 3. The summed E-state index contributed by atoms with van der Waals surface area (Å²) in [5, 5.41) is 3.66. The average molecular weight is 385 g/mol. The zero-order valence-electron chi connectivity index (χ0n) is 15.8. The Hall–Kier alpha value is -3.86. The quantitative estimate of drug-likeness (QED) is 0.501. The van der Waals surface area contributed by atoms with E-state index in [1.807, 2.05) is 60.7 Å². The summed E-state index contributed by atoms with van der Waals surface area (Å²) in [6.45, 7) is 0. The van der Waals surface area contributed by atoms with E-state index in [1.54, 1.807) is 18.2 Å². The molecule has 5 nitrogen and oxygen atoms in total. The summed E-state index contributed by atoms with van der Waals surface area (Å²) in [6.07, 6.45) is 0. The number of ether oxygens (including phenoxy) is 1. The zero-order valence-corrected chi connectivity index (χ0v) is 15.8. The van der Waals surface area contributed by atoms with Crippen molar-refractivity contribution in [1.82, 2.24) is 0 Å². The number of carbonyl (C=O) groups is 1. The lowest BCUT2D eigenvalue weighted by Crippen LogP contribution is -2.22. The fourth-order valence-electron chi connectivity index (χ4n) is 3.20. The van der Waals surface area contributed by atoms with Crippen LogP contribution < -0.4 is 10.7 Å². The van der Waals surface area contributed by atoms with E-state index in [2.05, 4.69) is 5.32 Å². The van der Waals surface area contributed by atoms with Gasteiger partial charge < -0.3 is 14.5 Å². The van der Waals surface area contributed by atoms with Crippen molar-refractivity contribution < 1.29 is 13.9 Å². The van der Waals surface area contributed by atoms with E-state index in [9.17, 15) is 9.59 Å². The Morgan fingerprint density at radius 3 is 2.31 bits per heavy atom. The Morgan fingerprint density at radius 2 is 1.62 bits per heavy atom. The van der Waals surface area contributed by atoms with Crippen LogP contribution in [0.4, 0.5) is 5.69 Å². The van der Waals surface area contributed by atoms with Crippen molar-refractivity contribution in [1.29, 1.82) is 0 Å². The summed E-state index contributed by atoms with van der Waals surface area (Å²) in [7, 11) is 1.35. The van der Waals surface area contributed by atoms with Gasteiger partial charge in [-0.25, -0.2) is 4.79 Å². The first kappa shape index (κ1) is 18.5. The van der Waals surface area contributed by atoms with E-state index in [0.29, 0.717) is 22.4 Å². The van der Waals surface area contributed by atoms with Gasteiger partial charge in [-0.1, -0.05) is 60.7 Å². The number of nitrogens with one attached hydrogen (secondary N) is 1. The van der Waals surface area contributed by atoms with E-state index in [-0.39, 0.29) is 5.43 Å². The van der Waals surface area contributed by atoms with Crippen molar-refractivity contribution in [2.75, 3.05) is 12.4 Å². The maximum atomic E-state index is 12.5. The Bertz CT molecular complexity index is 1200. The van der Waals surface area contributed by atoms with Crippen LogP contribution in [0, 0.1) is 0 Å². The molecule has 1 heterocycles. The lowest BCUT2D eigenvalue weighted by Gasteiger charge is -2.18. The van der Waals surface area contributed by atoms with Crippen LogP contribution in [-0.4, -0.2) is 13.1 Å². The normalized spacial score (nSPS) is 11.8. The van der Waals surface area contributed by atoms with Gasteiger partial charge in [0.05, 0.1) is 12.5 Å². The molecule has 0 spiro atoms. The summed E-state index contributed by atoms with van der Waals surface area (Å²) >= 11 is 0. The minimum absolute atomic E-state index is 0.121. The molecule has 5 heteroatoms. The van der Waals surface area contributed by atoms with Crippen LogP contribution >= 0.6 is 0 Å². The van der Waals surface area contributed by atoms with Gasteiger partial charge in [0.25, 0.3) is 0 Å². The third-order valence-corrected chi connectivity index (χ3v) is 4.67. The Morgan fingerprint density at radius 1 is 0.931 bits per heavy atom. The van der Waals surface area contributed by atoms with Gasteiger partial charge in [-0.05, 0) is 17.7 Å². The van der Waals surface area contributed by atoms with E-state index < -0.39 is 12.0 Å². The van der Waals surface area contributed by atoms with E-state index in [0.717, 1.165) is 11.1 Å². The molecule has 0 unspecified atom stereocenters. The molecule has 4 rings (SSSR count). The second-order valence-corrected chi connectivity index (χ2v) is 6.56. The van der Waals surface area contributed by atoms with Crippen molar-refractivity contribution in [3.05, 3.63) is 101 Å². The largest absolute Gasteiger partial charge is 0.467 e. The predicted molar refractivity (Wildman–Crippen MR) is 113 cm³/mol. The molecular formula is C24H19NO4. The van der Waals surface area contributed by atoms with Crippen LogP contribution in [0.25, 0.3) is 22.3 Å². The van der Waals surface area contributed by atoms with Gasteiger partial charge in [0.1, 0.15) is 11.3 Å². The predicted octanol–water partition coefficient (Wildman–Crippen LogP) is 4.79. The van der Waals surface area contributed by atoms with Crippen molar-refractivity contribution in [3.63, 3.8) is 0 Å². The summed E-state index contributed by atoms with van der Waals surface area (Å²) in [5.74, 6) is 0.0867. The van der Waals surface area contributed by atoms with Crippen LogP contribution in [0.15, 0.2) is 94.1 Å². The van der Waals surface area contributed by atoms with Gasteiger partial charge in [-0.2, -0.15) is 0 Å². The maximum Gasteiger partial charge on any atom is 0.332 e. The zero-order chi connectivity index (χ0) is 20.2. The molecule has 1 atom stereocenters. The van der Waals surface area contributed by atoms with Gasteiger partial charge in [-0.3, -0.25) is 4.79 Å². The number of fused-ring (bicyclic) bond motifs is 1. The van der Waals surface area contributed by atoms with Gasteiger partial charge in [0.2, 0.25) is 0 Å². The van der Waals surface area contributed by atoms with Gasteiger partial charge in [0, 0.05) is 23.4 Å². The highest BCUT2D eigenvalue weighted by Crippen LogP contribution is 2.26. The van der Waals surface area contributed by atoms with Crippen LogP contribution in [0.2, 0.25) is 0 Å². The van der Waals surface area contributed by atoms with Gasteiger partial charge in [-0.15, -0.1) is 0 Å². The number of anilines is 1. The number of esters is 1. The van der Waals surface area contributed by atoms with Crippen molar-refractivity contribution >= 4 is 22.6 Å². The maximum absolute atomic E-state index is 12.5. The van der Waals surface area contributed by atoms with E-state index >= 15 is 0 Å². The molecule has 0 fully saturated rings. The minimum atomic E-state index is -0.678. The Labute approximate surface area is 167 Å². The molecule has 144 valence electrons. The third kappa shape index (κ3) is 3.89. The molecule has 0 aliphatic rings. The first-order chi connectivity index (χ1) is 14.2. The SMILES string of the molecule is COC(=O)[C@@H](Nc1ccc2c(=O)cc(-c3ccccc3)oc2c1)c1ccccc1. The second-order valence-electron chi connectivity index (χ2n) is 6.56. The molecule has 4 aromatic rings. The van der Waals surface area contributed by atoms with Gasteiger partial charge in [0.15, 0.2) is 11.5 Å². The minimum Gasteiger partial charge on any atom is -0.467 e. The molecule has 1 N–H and O–H groups in total. The highest BCUT2D eigenvalue weighted by Gasteiger charge is 2.21. The van der Waals surface area contributed by atoms with Gasteiger partial charge >= 0.3 is 5.97 Å². The molecule has 29 heavy (non-hydrogen) atoms. The van der Waals surface area contributed by atoms with Crippen molar-refractivity contribution in [2.45, 2.75) is 6.04 Å². The molecule has 0 bridgehead atoms. The van der Waals surface area contributed by atoms with E-state index in [4.69, 9.17) is 9.15 Å². The van der Waals surface area contributed by atoms with Crippen molar-refractivity contribution in [2.24, 2.45) is 0 Å². The number of rotatable bonds is 5. The highest BCUT2D eigenvalue weighted by molar-refractivity contribution is 5.85. The van der Waals surface area contributed by atoms with Crippen molar-refractivity contribution in [3.8, 4) is 11.3 Å². The Balaban J connectivity index is 1.74. The molecule has 0 saturated heterocycles. The lowest BCUT2D eigenvalue weighted by molar-refractivity contribution is -0.141. The fourth-order valence-corrected chi connectivity index (χ4v) is 3.20. The molecule has 3 aromatic carbocycles. The lowest BCUT2D eigenvalue weighted by atomic mass is 10.1. The fraction of sp³-hybridized carbons (Fsp3) is 0.0833. The molecule has 0 aliphatic heterocycles. The Kier molecular flexibility index (Phi) is 5.12. The number of hydrogen-bond donors (Lipinski definition) is 1.